The molecule has 0 aliphatic carbocycles. The van der Waals surface area contributed by atoms with Crippen LogP contribution in [0.2, 0.25) is 0 Å². The largest absolute Gasteiger partial charge is 0.466 e. The topological polar surface area (TPSA) is 58.6 Å². The smallest absolute Gasteiger partial charge is 0.307 e. The lowest BCUT2D eigenvalue weighted by atomic mass is 9.92. The van der Waals surface area contributed by atoms with E-state index in [9.17, 15) is 9.90 Å². The number of aliphatic hydroxyl groups is 1. The quantitative estimate of drug-likeness (QED) is 0.492. The number of carbonyl (C=O) groups excluding carboxylic acids is 1. The zero-order chi connectivity index (χ0) is 11.9. The molecule has 2 N–H and O–H groups in total. The molecule has 0 saturated heterocycles. The molecule has 0 amide bonds. The van der Waals surface area contributed by atoms with Crippen molar-refractivity contribution < 1.29 is 14.6 Å². The van der Waals surface area contributed by atoms with Gasteiger partial charge >= 0.3 is 5.97 Å². The Kier molecular flexibility index (Phi) is 6.52. The first-order valence-corrected chi connectivity index (χ1v) is 5.49. The summed E-state index contributed by atoms with van der Waals surface area (Å²) in [6.07, 6.45) is 0.349. The second kappa shape index (κ2) is 6.80. The monoisotopic (exact) mass is 217 g/mol. The van der Waals surface area contributed by atoms with Crippen molar-refractivity contribution in [1.82, 2.24) is 5.32 Å². The number of esters is 1. The first kappa shape index (κ1) is 14.4. The van der Waals surface area contributed by atoms with Gasteiger partial charge in [-0.2, -0.15) is 0 Å². The Bertz CT molecular complexity index is 190. The summed E-state index contributed by atoms with van der Waals surface area (Å²) >= 11 is 0. The molecule has 1 unspecified atom stereocenters. The third kappa shape index (κ3) is 6.47. The highest BCUT2D eigenvalue weighted by molar-refractivity contribution is 5.69. The maximum absolute atomic E-state index is 11.0. The zero-order valence-corrected chi connectivity index (χ0v) is 10.2. The van der Waals surface area contributed by atoms with E-state index in [0.29, 0.717) is 26.1 Å². The van der Waals surface area contributed by atoms with Gasteiger partial charge in [-0.25, -0.2) is 0 Å². The van der Waals surface area contributed by atoms with Gasteiger partial charge < -0.3 is 15.2 Å². The molecule has 0 rings (SSSR count). The van der Waals surface area contributed by atoms with Crippen LogP contribution in [-0.4, -0.2) is 36.4 Å². The van der Waals surface area contributed by atoms with Crippen molar-refractivity contribution >= 4 is 5.97 Å². The molecule has 0 aliphatic rings. The molecule has 4 heteroatoms. The molecule has 0 bridgehead atoms. The third-order valence-corrected chi connectivity index (χ3v) is 2.54. The van der Waals surface area contributed by atoms with Gasteiger partial charge in [0.15, 0.2) is 0 Å². The molecular formula is C11H23NO3. The number of rotatable bonds is 7. The van der Waals surface area contributed by atoms with Gasteiger partial charge in [-0.3, -0.25) is 4.79 Å². The number of hydrogen-bond donors (Lipinski definition) is 2. The van der Waals surface area contributed by atoms with E-state index in [1.807, 2.05) is 13.8 Å². The van der Waals surface area contributed by atoms with Gasteiger partial charge in [0.2, 0.25) is 0 Å². The maximum Gasteiger partial charge on any atom is 0.307 e. The highest BCUT2D eigenvalue weighted by atomic mass is 16.5. The Hall–Kier alpha value is -0.610. The van der Waals surface area contributed by atoms with E-state index in [1.54, 1.807) is 13.8 Å². The van der Waals surface area contributed by atoms with E-state index >= 15 is 0 Å². The van der Waals surface area contributed by atoms with Gasteiger partial charge in [-0.05, 0) is 19.8 Å². The van der Waals surface area contributed by atoms with Crippen LogP contribution in [0.3, 0.4) is 0 Å². The molecule has 0 saturated carbocycles. The second-order valence-corrected chi connectivity index (χ2v) is 4.24. The molecule has 90 valence electrons. The molecule has 0 spiro atoms. The average Bonchev–Trinajstić information content (AvgIpc) is 2.13. The fourth-order valence-electron chi connectivity index (χ4n) is 0.969. The molecule has 0 aromatic rings. The molecule has 0 aliphatic heterocycles. The molecule has 15 heavy (non-hydrogen) atoms. The lowest BCUT2D eigenvalue weighted by Gasteiger charge is -2.27. The van der Waals surface area contributed by atoms with Gasteiger partial charge in [0, 0.05) is 13.1 Å². The summed E-state index contributed by atoms with van der Waals surface area (Å²) in [6.45, 7) is 8.96. The summed E-state index contributed by atoms with van der Waals surface area (Å²) in [4.78, 5) is 11.0. The van der Waals surface area contributed by atoms with Crippen LogP contribution in [0.4, 0.5) is 0 Å². The fraction of sp³-hybridized carbons (Fsp3) is 0.909. The van der Waals surface area contributed by atoms with E-state index in [0.717, 1.165) is 0 Å². The summed E-state index contributed by atoms with van der Waals surface area (Å²) in [5.41, 5.74) is -0.728. The number of carbonyl (C=O) groups is 1. The van der Waals surface area contributed by atoms with Crippen LogP contribution in [0.5, 0.6) is 0 Å². The van der Waals surface area contributed by atoms with Gasteiger partial charge in [-0.1, -0.05) is 13.8 Å². The lowest BCUT2D eigenvalue weighted by molar-refractivity contribution is -0.143. The van der Waals surface area contributed by atoms with Crippen molar-refractivity contribution in [1.29, 1.82) is 0 Å². The summed E-state index contributed by atoms with van der Waals surface area (Å²) in [5, 5.41) is 12.9. The van der Waals surface area contributed by atoms with E-state index in [2.05, 4.69) is 5.32 Å². The van der Waals surface area contributed by atoms with Crippen LogP contribution in [0.25, 0.3) is 0 Å². The number of hydrogen-bond acceptors (Lipinski definition) is 4. The van der Waals surface area contributed by atoms with Crippen LogP contribution in [0.15, 0.2) is 0 Å². The first-order valence-electron chi connectivity index (χ1n) is 5.49. The van der Waals surface area contributed by atoms with Crippen LogP contribution in [-0.2, 0) is 9.53 Å². The third-order valence-electron chi connectivity index (χ3n) is 2.54. The highest BCUT2D eigenvalue weighted by Gasteiger charge is 2.23. The molecular weight excluding hydrogens is 194 g/mol. The summed E-state index contributed by atoms with van der Waals surface area (Å²) in [6, 6.07) is 0. The molecule has 0 fully saturated rings. The minimum Gasteiger partial charge on any atom is -0.466 e. The van der Waals surface area contributed by atoms with Gasteiger partial charge in [-0.15, -0.1) is 0 Å². The van der Waals surface area contributed by atoms with E-state index in [1.165, 1.54) is 0 Å². The van der Waals surface area contributed by atoms with Crippen molar-refractivity contribution in [3.8, 4) is 0 Å². The van der Waals surface area contributed by atoms with Crippen LogP contribution in [0, 0.1) is 5.92 Å². The predicted octanol–water partition coefficient (Wildman–Crippen LogP) is 0.936. The Morgan fingerprint density at radius 2 is 2.13 bits per heavy atom. The van der Waals surface area contributed by atoms with Gasteiger partial charge in [0.25, 0.3) is 0 Å². The van der Waals surface area contributed by atoms with Crippen LogP contribution >= 0.6 is 0 Å². The van der Waals surface area contributed by atoms with Crippen molar-refractivity contribution in [2.24, 2.45) is 5.92 Å². The van der Waals surface area contributed by atoms with Gasteiger partial charge in [0.05, 0.1) is 18.6 Å². The normalized spacial score (nSPS) is 15.1. The second-order valence-electron chi connectivity index (χ2n) is 4.24. The molecule has 0 heterocycles. The minimum atomic E-state index is -0.728. The Morgan fingerprint density at radius 3 is 2.60 bits per heavy atom. The average molecular weight is 217 g/mol. The number of ether oxygens (including phenoxy) is 1. The van der Waals surface area contributed by atoms with Crippen molar-refractivity contribution in [3.05, 3.63) is 0 Å². The summed E-state index contributed by atoms with van der Waals surface area (Å²) < 4.78 is 4.78. The molecule has 0 aromatic carbocycles. The van der Waals surface area contributed by atoms with Crippen molar-refractivity contribution in [2.75, 3.05) is 19.7 Å². The van der Waals surface area contributed by atoms with E-state index in [4.69, 9.17) is 4.74 Å². The van der Waals surface area contributed by atoms with Crippen molar-refractivity contribution in [2.45, 2.75) is 39.7 Å². The molecule has 0 radical (unpaired) electrons. The van der Waals surface area contributed by atoms with Crippen molar-refractivity contribution in [3.63, 3.8) is 0 Å². The Balaban J connectivity index is 3.58. The minimum absolute atomic E-state index is 0.188. The Morgan fingerprint density at radius 1 is 1.53 bits per heavy atom. The summed E-state index contributed by atoms with van der Waals surface area (Å²) in [7, 11) is 0. The molecule has 0 aromatic heterocycles. The van der Waals surface area contributed by atoms with E-state index < -0.39 is 5.60 Å². The van der Waals surface area contributed by atoms with Crippen LogP contribution in [0.1, 0.15) is 34.1 Å². The summed E-state index contributed by atoms with van der Waals surface area (Å²) in [5.74, 6) is -0.0122. The first-order chi connectivity index (χ1) is 6.90. The maximum atomic E-state index is 11.0. The number of nitrogens with one attached hydrogen (secondary N) is 1. The predicted molar refractivity (Wildman–Crippen MR) is 59.6 cm³/mol. The fourth-order valence-corrected chi connectivity index (χ4v) is 0.969. The van der Waals surface area contributed by atoms with E-state index in [-0.39, 0.29) is 11.9 Å². The van der Waals surface area contributed by atoms with Crippen LogP contribution < -0.4 is 5.32 Å². The molecule has 4 nitrogen and oxygen atoms in total. The standard InChI is InChI=1S/C11H23NO3/c1-5-15-10(13)6-7-12-8-11(4,14)9(2)3/h9,12,14H,5-8H2,1-4H3. The highest BCUT2D eigenvalue weighted by Crippen LogP contribution is 2.14. The zero-order valence-electron chi connectivity index (χ0n) is 10.2. The SMILES string of the molecule is CCOC(=O)CCNCC(C)(O)C(C)C. The molecule has 1 atom stereocenters. The lowest BCUT2D eigenvalue weighted by Crippen LogP contribution is -2.42. The Labute approximate surface area is 92.0 Å². The van der Waals surface area contributed by atoms with Gasteiger partial charge in [0.1, 0.15) is 0 Å².